The van der Waals surface area contributed by atoms with Gasteiger partial charge in [-0.05, 0) is 5.92 Å². The van der Waals surface area contributed by atoms with Crippen LogP contribution in [0.15, 0.2) is 0 Å². The maximum absolute atomic E-state index is 10.6. The number of carboxylic acid groups (broad SMARTS) is 1. The van der Waals surface area contributed by atoms with Gasteiger partial charge in [-0.25, -0.2) is 4.79 Å². The number of carboxylic acids is 1. The summed E-state index contributed by atoms with van der Waals surface area (Å²) in [6, 6.07) is 0. The van der Waals surface area contributed by atoms with Gasteiger partial charge in [-0.2, -0.15) is 9.90 Å². The second kappa shape index (κ2) is 2.92. The number of carbonyl (C=O) groups is 1. The van der Waals surface area contributed by atoms with Crippen LogP contribution in [-0.4, -0.2) is 26.1 Å². The van der Waals surface area contributed by atoms with Crippen molar-refractivity contribution in [2.75, 3.05) is 0 Å². The first kappa shape index (κ1) is 8.70. The smallest absolute Gasteiger partial charge is 0.358 e. The molecule has 0 saturated carbocycles. The maximum Gasteiger partial charge on any atom is 0.358 e. The SMILES string of the molecule is CC(C)c1nn(C)nc1C(=O)O. The van der Waals surface area contributed by atoms with E-state index in [0.29, 0.717) is 5.69 Å². The summed E-state index contributed by atoms with van der Waals surface area (Å²) in [6.45, 7) is 3.77. The largest absolute Gasteiger partial charge is 0.476 e. The highest BCUT2D eigenvalue weighted by molar-refractivity contribution is 5.86. The highest BCUT2D eigenvalue weighted by Crippen LogP contribution is 2.14. The fourth-order valence-electron chi connectivity index (χ4n) is 0.963. The van der Waals surface area contributed by atoms with Gasteiger partial charge in [0.2, 0.25) is 0 Å². The molecule has 1 aromatic rings. The summed E-state index contributed by atoms with van der Waals surface area (Å²) in [4.78, 5) is 11.9. The Kier molecular flexibility index (Phi) is 2.12. The Balaban J connectivity index is 3.17. The molecular weight excluding hydrogens is 158 g/mol. The lowest BCUT2D eigenvalue weighted by Gasteiger charge is -1.97. The number of aromatic carboxylic acids is 1. The molecule has 0 saturated heterocycles. The third kappa shape index (κ3) is 1.44. The first-order chi connectivity index (χ1) is 5.52. The van der Waals surface area contributed by atoms with Crippen molar-refractivity contribution >= 4 is 5.97 Å². The monoisotopic (exact) mass is 169 g/mol. The zero-order chi connectivity index (χ0) is 9.30. The third-order valence-electron chi connectivity index (χ3n) is 1.49. The minimum atomic E-state index is -1.02. The molecule has 0 aliphatic carbocycles. The van der Waals surface area contributed by atoms with Crippen molar-refractivity contribution in [1.29, 1.82) is 0 Å². The Bertz CT molecular complexity index is 304. The van der Waals surface area contributed by atoms with Crippen molar-refractivity contribution in [2.24, 2.45) is 7.05 Å². The number of hydrogen-bond acceptors (Lipinski definition) is 3. The van der Waals surface area contributed by atoms with E-state index in [1.54, 1.807) is 7.05 Å². The van der Waals surface area contributed by atoms with Gasteiger partial charge in [0.1, 0.15) is 5.69 Å². The normalized spacial score (nSPS) is 10.7. The molecule has 0 radical (unpaired) electrons. The molecule has 1 N–H and O–H groups in total. The van der Waals surface area contributed by atoms with Gasteiger partial charge in [0.25, 0.3) is 0 Å². The standard InChI is InChI=1S/C7H11N3O2/c1-4(2)5-6(7(11)12)9-10(3)8-5/h4H,1-3H3,(H,11,12). The van der Waals surface area contributed by atoms with Crippen LogP contribution in [0, 0.1) is 0 Å². The van der Waals surface area contributed by atoms with Gasteiger partial charge in [-0.1, -0.05) is 13.8 Å². The summed E-state index contributed by atoms with van der Waals surface area (Å²) in [5.74, 6) is -0.934. The molecule has 5 heteroatoms. The fourth-order valence-corrected chi connectivity index (χ4v) is 0.963. The van der Waals surface area contributed by atoms with Gasteiger partial charge in [-0.3, -0.25) is 0 Å². The zero-order valence-corrected chi connectivity index (χ0v) is 7.27. The average molecular weight is 169 g/mol. The van der Waals surface area contributed by atoms with Crippen molar-refractivity contribution in [3.8, 4) is 0 Å². The Morgan fingerprint density at radius 3 is 2.42 bits per heavy atom. The van der Waals surface area contributed by atoms with Gasteiger partial charge in [-0.15, -0.1) is 5.10 Å². The molecule has 0 aromatic carbocycles. The van der Waals surface area contributed by atoms with Crippen molar-refractivity contribution in [3.05, 3.63) is 11.4 Å². The van der Waals surface area contributed by atoms with Crippen molar-refractivity contribution in [2.45, 2.75) is 19.8 Å². The molecule has 1 rings (SSSR count). The number of rotatable bonds is 2. The highest BCUT2D eigenvalue weighted by Gasteiger charge is 2.18. The predicted molar refractivity (Wildman–Crippen MR) is 42.1 cm³/mol. The lowest BCUT2D eigenvalue weighted by molar-refractivity contribution is 0.0688. The van der Waals surface area contributed by atoms with Crippen LogP contribution in [-0.2, 0) is 7.05 Å². The average Bonchev–Trinajstić information content (AvgIpc) is 2.31. The van der Waals surface area contributed by atoms with E-state index in [0.717, 1.165) is 0 Å². The molecule has 5 nitrogen and oxygen atoms in total. The Labute approximate surface area is 70.0 Å². The van der Waals surface area contributed by atoms with Crippen LogP contribution < -0.4 is 0 Å². The van der Waals surface area contributed by atoms with Crippen LogP contribution in [0.1, 0.15) is 35.9 Å². The minimum absolute atomic E-state index is 0.0486. The van der Waals surface area contributed by atoms with E-state index < -0.39 is 5.97 Å². The molecule has 0 fully saturated rings. The molecule has 0 bridgehead atoms. The lowest BCUT2D eigenvalue weighted by Crippen LogP contribution is -2.03. The van der Waals surface area contributed by atoms with Gasteiger partial charge in [0, 0.05) is 7.05 Å². The lowest BCUT2D eigenvalue weighted by atomic mass is 10.1. The minimum Gasteiger partial charge on any atom is -0.476 e. The van der Waals surface area contributed by atoms with Crippen LogP contribution in [0.2, 0.25) is 0 Å². The first-order valence-electron chi connectivity index (χ1n) is 3.67. The molecule has 0 aliphatic rings. The molecule has 1 aromatic heterocycles. The summed E-state index contributed by atoms with van der Waals surface area (Å²) in [5.41, 5.74) is 0.581. The molecular formula is C7H11N3O2. The Hall–Kier alpha value is -1.39. The number of hydrogen-bond donors (Lipinski definition) is 1. The van der Waals surface area contributed by atoms with Gasteiger partial charge < -0.3 is 5.11 Å². The number of aromatic nitrogens is 3. The van der Waals surface area contributed by atoms with Crippen molar-refractivity contribution < 1.29 is 9.90 Å². The fraction of sp³-hybridized carbons (Fsp3) is 0.571. The quantitative estimate of drug-likeness (QED) is 0.705. The molecule has 0 aliphatic heterocycles. The summed E-state index contributed by atoms with van der Waals surface area (Å²) < 4.78 is 0. The third-order valence-corrected chi connectivity index (χ3v) is 1.49. The van der Waals surface area contributed by atoms with Crippen LogP contribution >= 0.6 is 0 Å². The molecule has 12 heavy (non-hydrogen) atoms. The molecule has 66 valence electrons. The topological polar surface area (TPSA) is 68.0 Å². The Morgan fingerprint density at radius 2 is 2.08 bits per heavy atom. The van der Waals surface area contributed by atoms with E-state index in [1.807, 2.05) is 13.8 Å². The summed E-state index contributed by atoms with van der Waals surface area (Å²) in [6.07, 6.45) is 0. The van der Waals surface area contributed by atoms with Crippen molar-refractivity contribution in [1.82, 2.24) is 15.0 Å². The number of nitrogens with zero attached hydrogens (tertiary/aromatic N) is 3. The van der Waals surface area contributed by atoms with E-state index in [4.69, 9.17) is 5.11 Å². The van der Waals surface area contributed by atoms with Crippen LogP contribution in [0.25, 0.3) is 0 Å². The molecule has 0 atom stereocenters. The molecule has 0 unspecified atom stereocenters. The first-order valence-corrected chi connectivity index (χ1v) is 3.67. The van der Waals surface area contributed by atoms with Crippen LogP contribution in [0.3, 0.4) is 0 Å². The summed E-state index contributed by atoms with van der Waals surface area (Å²) in [7, 11) is 1.61. The van der Waals surface area contributed by atoms with E-state index >= 15 is 0 Å². The summed E-state index contributed by atoms with van der Waals surface area (Å²) >= 11 is 0. The summed E-state index contributed by atoms with van der Waals surface area (Å²) in [5, 5.41) is 16.4. The molecule has 0 spiro atoms. The van der Waals surface area contributed by atoms with E-state index in [-0.39, 0.29) is 11.6 Å². The van der Waals surface area contributed by atoms with E-state index in [2.05, 4.69) is 10.2 Å². The van der Waals surface area contributed by atoms with Crippen LogP contribution in [0.5, 0.6) is 0 Å². The van der Waals surface area contributed by atoms with Crippen LogP contribution in [0.4, 0.5) is 0 Å². The molecule has 0 amide bonds. The van der Waals surface area contributed by atoms with Gasteiger partial charge >= 0.3 is 5.97 Å². The second-order valence-corrected chi connectivity index (χ2v) is 2.88. The maximum atomic E-state index is 10.6. The second-order valence-electron chi connectivity index (χ2n) is 2.88. The molecule has 1 heterocycles. The Morgan fingerprint density at radius 1 is 1.50 bits per heavy atom. The van der Waals surface area contributed by atoms with Crippen molar-refractivity contribution in [3.63, 3.8) is 0 Å². The van der Waals surface area contributed by atoms with Gasteiger partial charge in [0.15, 0.2) is 5.69 Å². The van der Waals surface area contributed by atoms with E-state index in [9.17, 15) is 4.79 Å². The van der Waals surface area contributed by atoms with E-state index in [1.165, 1.54) is 4.80 Å². The zero-order valence-electron chi connectivity index (χ0n) is 7.27. The number of aryl methyl sites for hydroxylation is 1. The highest BCUT2D eigenvalue weighted by atomic mass is 16.4. The predicted octanol–water partition coefficient (Wildman–Crippen LogP) is 0.637. The van der Waals surface area contributed by atoms with Gasteiger partial charge in [0.05, 0.1) is 0 Å².